The van der Waals surface area contributed by atoms with Crippen LogP contribution in [0.5, 0.6) is 17.2 Å². The molecule has 0 spiro atoms. The third kappa shape index (κ3) is 8.12. The third-order valence-corrected chi connectivity index (χ3v) is 6.25. The summed E-state index contributed by atoms with van der Waals surface area (Å²) in [5.74, 6) is 1.55. The fourth-order valence-electron chi connectivity index (χ4n) is 3.68. The summed E-state index contributed by atoms with van der Waals surface area (Å²) in [5, 5.41) is 15.0. The fraction of sp³-hybridized carbons (Fsp3) is 0.500. The second kappa shape index (κ2) is 12.1. The van der Waals surface area contributed by atoms with E-state index in [2.05, 4.69) is 74.7 Å². The number of amides is 1. The summed E-state index contributed by atoms with van der Waals surface area (Å²) in [6.45, 7) is 17.4. The van der Waals surface area contributed by atoms with Gasteiger partial charge in [-0.05, 0) is 88.1 Å². The first-order chi connectivity index (χ1) is 16.3. The van der Waals surface area contributed by atoms with Crippen LogP contribution in [-0.4, -0.2) is 30.4 Å². The van der Waals surface area contributed by atoms with Crippen molar-refractivity contribution in [1.29, 1.82) is 0 Å². The topological polar surface area (TPSA) is 80.2 Å². The van der Waals surface area contributed by atoms with E-state index in [1.807, 2.05) is 38.1 Å². The second-order valence-corrected chi connectivity index (χ2v) is 11.7. The number of aromatic hydroxyl groups is 1. The Morgan fingerprint density at radius 3 is 2.09 bits per heavy atom. The minimum atomic E-state index is -0.206. The molecule has 0 atom stereocenters. The van der Waals surface area contributed by atoms with Gasteiger partial charge in [0.1, 0.15) is 5.75 Å². The molecule has 0 aliphatic carbocycles. The number of carbonyl (C=O) groups excluding carboxylic acids is 1. The number of benzene rings is 2. The lowest BCUT2D eigenvalue weighted by atomic mass is 9.78. The Hall–Kier alpha value is -2.29. The lowest BCUT2D eigenvalue weighted by Gasteiger charge is -2.28. The maximum Gasteiger partial charge on any atom is 0.240 e. The van der Waals surface area contributed by atoms with Crippen LogP contribution >= 0.6 is 22.6 Å². The van der Waals surface area contributed by atoms with Gasteiger partial charge in [-0.3, -0.25) is 4.79 Å². The highest BCUT2D eigenvalue weighted by Crippen LogP contribution is 2.40. The molecule has 2 rings (SSSR count). The SMILES string of the molecule is CCOc1cc(/C=N\NC(=O)CCc2cc(C(C)(C)C)c(O)c(C(C)(C)C)c2)cc(I)c1OCC. The zero-order valence-electron chi connectivity index (χ0n) is 22.2. The summed E-state index contributed by atoms with van der Waals surface area (Å²) >= 11 is 2.21. The largest absolute Gasteiger partial charge is 0.507 e. The van der Waals surface area contributed by atoms with Crippen molar-refractivity contribution in [2.75, 3.05) is 13.2 Å². The van der Waals surface area contributed by atoms with E-state index in [-0.39, 0.29) is 16.7 Å². The van der Waals surface area contributed by atoms with Crippen LogP contribution in [0.2, 0.25) is 0 Å². The average Bonchev–Trinajstić information content (AvgIpc) is 2.74. The van der Waals surface area contributed by atoms with Crippen molar-refractivity contribution in [1.82, 2.24) is 5.43 Å². The summed E-state index contributed by atoms with van der Waals surface area (Å²) < 4.78 is 12.3. The first-order valence-electron chi connectivity index (χ1n) is 12.1. The Kier molecular flexibility index (Phi) is 10.0. The normalized spacial score (nSPS) is 12.1. The Bertz CT molecular complexity index is 1030. The van der Waals surface area contributed by atoms with Crippen LogP contribution in [0.1, 0.15) is 84.1 Å². The number of phenols is 1. The quantitative estimate of drug-likeness (QED) is 0.198. The van der Waals surface area contributed by atoms with Crippen molar-refractivity contribution in [3.05, 3.63) is 50.1 Å². The summed E-state index contributed by atoms with van der Waals surface area (Å²) in [4.78, 5) is 12.5. The molecule has 0 unspecified atom stereocenters. The smallest absolute Gasteiger partial charge is 0.240 e. The number of ether oxygens (including phenoxy) is 2. The number of aryl methyl sites for hydroxylation is 1. The van der Waals surface area contributed by atoms with Crippen LogP contribution in [0.25, 0.3) is 0 Å². The Morgan fingerprint density at radius 2 is 1.57 bits per heavy atom. The molecule has 2 aromatic rings. The first kappa shape index (κ1) is 28.9. The third-order valence-electron chi connectivity index (χ3n) is 5.45. The molecule has 6 nitrogen and oxygen atoms in total. The van der Waals surface area contributed by atoms with E-state index >= 15 is 0 Å². The molecule has 0 bridgehead atoms. The first-order valence-corrected chi connectivity index (χ1v) is 13.1. The van der Waals surface area contributed by atoms with Crippen molar-refractivity contribution in [3.63, 3.8) is 0 Å². The number of hydrogen-bond donors (Lipinski definition) is 2. The van der Waals surface area contributed by atoms with Crippen molar-refractivity contribution in [2.24, 2.45) is 5.10 Å². The van der Waals surface area contributed by atoms with Crippen molar-refractivity contribution >= 4 is 34.7 Å². The number of rotatable bonds is 9. The molecular weight excluding hydrogens is 555 g/mol. The van der Waals surface area contributed by atoms with Gasteiger partial charge in [0.15, 0.2) is 11.5 Å². The summed E-state index contributed by atoms with van der Waals surface area (Å²) in [6.07, 6.45) is 2.46. The highest BCUT2D eigenvalue weighted by atomic mass is 127. The maximum absolute atomic E-state index is 12.5. The van der Waals surface area contributed by atoms with Gasteiger partial charge in [-0.25, -0.2) is 5.43 Å². The number of nitrogens with one attached hydrogen (secondary N) is 1. The number of phenolic OH excluding ortho intramolecular Hbond substituents is 1. The predicted octanol–water partition coefficient (Wildman–Crippen LogP) is 6.47. The second-order valence-electron chi connectivity index (χ2n) is 10.5. The maximum atomic E-state index is 12.5. The zero-order chi connectivity index (χ0) is 26.4. The molecule has 0 saturated carbocycles. The molecule has 0 aliphatic rings. The lowest BCUT2D eigenvalue weighted by Crippen LogP contribution is -2.20. The van der Waals surface area contributed by atoms with Crippen LogP contribution in [0.4, 0.5) is 0 Å². The molecule has 0 saturated heterocycles. The molecular formula is C28H39IN2O4. The molecule has 192 valence electrons. The summed E-state index contributed by atoms with van der Waals surface area (Å²) in [7, 11) is 0. The van der Waals surface area contributed by atoms with Crippen LogP contribution in [0, 0.1) is 3.57 Å². The molecule has 0 fully saturated rings. The monoisotopic (exact) mass is 594 g/mol. The van der Waals surface area contributed by atoms with E-state index in [0.29, 0.717) is 43.3 Å². The zero-order valence-corrected chi connectivity index (χ0v) is 24.4. The van der Waals surface area contributed by atoms with E-state index < -0.39 is 0 Å². The van der Waals surface area contributed by atoms with Gasteiger partial charge in [-0.2, -0.15) is 5.10 Å². The van der Waals surface area contributed by atoms with E-state index in [1.54, 1.807) is 6.21 Å². The molecule has 7 heteroatoms. The van der Waals surface area contributed by atoms with Gasteiger partial charge in [0, 0.05) is 6.42 Å². The number of nitrogens with zero attached hydrogens (tertiary/aromatic N) is 1. The van der Waals surface area contributed by atoms with E-state index in [1.165, 1.54) is 0 Å². The average molecular weight is 595 g/mol. The Morgan fingerprint density at radius 1 is 1.00 bits per heavy atom. The van der Waals surface area contributed by atoms with Crippen molar-refractivity contribution < 1.29 is 19.4 Å². The molecule has 0 heterocycles. The van der Waals surface area contributed by atoms with Gasteiger partial charge in [0.05, 0.1) is 23.0 Å². The van der Waals surface area contributed by atoms with Gasteiger partial charge in [0.2, 0.25) is 5.91 Å². The molecule has 2 aromatic carbocycles. The Labute approximate surface area is 223 Å². The number of carbonyl (C=O) groups is 1. The predicted molar refractivity (Wildman–Crippen MR) is 151 cm³/mol. The molecule has 1 amide bonds. The molecule has 0 radical (unpaired) electrons. The molecule has 2 N–H and O–H groups in total. The molecule has 0 aliphatic heterocycles. The standard InChI is InChI=1S/C28H39IN2O4/c1-9-34-23-16-19(15-22(29)26(23)35-10-2)17-30-31-24(32)12-11-18-13-20(27(3,4)5)25(33)21(14-18)28(6,7)8/h13-17,33H,9-12H2,1-8H3,(H,31,32)/b30-17-. The van der Waals surface area contributed by atoms with Crippen LogP contribution < -0.4 is 14.9 Å². The van der Waals surface area contributed by atoms with Crippen LogP contribution in [0.15, 0.2) is 29.4 Å². The van der Waals surface area contributed by atoms with Crippen LogP contribution in [0.3, 0.4) is 0 Å². The summed E-state index contributed by atoms with van der Waals surface area (Å²) in [5.41, 5.74) is 5.84. The highest BCUT2D eigenvalue weighted by Gasteiger charge is 2.26. The van der Waals surface area contributed by atoms with E-state index in [0.717, 1.165) is 25.8 Å². The lowest BCUT2D eigenvalue weighted by molar-refractivity contribution is -0.121. The van der Waals surface area contributed by atoms with E-state index in [9.17, 15) is 9.90 Å². The van der Waals surface area contributed by atoms with Gasteiger partial charge in [-0.1, -0.05) is 53.7 Å². The number of hydrazone groups is 1. The van der Waals surface area contributed by atoms with Crippen molar-refractivity contribution in [2.45, 2.75) is 79.1 Å². The van der Waals surface area contributed by atoms with Gasteiger partial charge < -0.3 is 14.6 Å². The number of halogens is 1. The van der Waals surface area contributed by atoms with Gasteiger partial charge in [0.25, 0.3) is 0 Å². The minimum absolute atomic E-state index is 0.172. The minimum Gasteiger partial charge on any atom is -0.507 e. The fourth-order valence-corrected chi connectivity index (χ4v) is 4.47. The van der Waals surface area contributed by atoms with Crippen molar-refractivity contribution in [3.8, 4) is 17.2 Å². The van der Waals surface area contributed by atoms with Crippen LogP contribution in [-0.2, 0) is 22.0 Å². The molecule has 0 aromatic heterocycles. The Balaban J connectivity index is 2.12. The summed E-state index contributed by atoms with van der Waals surface area (Å²) in [6, 6.07) is 7.81. The molecule has 35 heavy (non-hydrogen) atoms. The highest BCUT2D eigenvalue weighted by molar-refractivity contribution is 14.1. The number of hydrogen-bond acceptors (Lipinski definition) is 5. The van der Waals surface area contributed by atoms with E-state index in [4.69, 9.17) is 9.47 Å². The van der Waals surface area contributed by atoms with Gasteiger partial charge in [-0.15, -0.1) is 0 Å². The van der Waals surface area contributed by atoms with Gasteiger partial charge >= 0.3 is 0 Å².